The summed E-state index contributed by atoms with van der Waals surface area (Å²) < 4.78 is 26.7. The second kappa shape index (κ2) is 3.12. The Labute approximate surface area is 101 Å². The van der Waals surface area contributed by atoms with E-state index >= 15 is 0 Å². The third kappa shape index (κ3) is 1.23. The summed E-state index contributed by atoms with van der Waals surface area (Å²) >= 11 is 0. The lowest BCUT2D eigenvalue weighted by Gasteiger charge is -2.21. The molecule has 17 heavy (non-hydrogen) atoms. The summed E-state index contributed by atoms with van der Waals surface area (Å²) in [5, 5.41) is -0.0834. The van der Waals surface area contributed by atoms with E-state index in [0.717, 1.165) is 25.7 Å². The molecular weight excluding hydrogens is 234 g/mol. The first-order chi connectivity index (χ1) is 8.19. The maximum atomic E-state index is 12.5. The molecule has 2 aliphatic heterocycles. The normalized spacial score (nSPS) is 31.8. The fraction of sp³-hybridized carbons (Fsp3) is 0.538. The molecule has 2 heterocycles. The molecule has 90 valence electrons. The van der Waals surface area contributed by atoms with Crippen molar-refractivity contribution in [1.82, 2.24) is 4.31 Å². The molecule has 3 nitrogen and oxygen atoms in total. The van der Waals surface area contributed by atoms with E-state index in [1.165, 1.54) is 11.1 Å². The predicted molar refractivity (Wildman–Crippen MR) is 64.9 cm³/mol. The highest BCUT2D eigenvalue weighted by atomic mass is 32.2. The van der Waals surface area contributed by atoms with Gasteiger partial charge in [-0.15, -0.1) is 0 Å². The highest BCUT2D eigenvalue weighted by Crippen LogP contribution is 2.56. The summed E-state index contributed by atoms with van der Waals surface area (Å²) in [6.07, 6.45) is 3.70. The molecule has 1 aliphatic carbocycles. The standard InChI is InChI=1S/C13H15NO2S/c15-17(16,9-5-6-9)14-12-7-8-13(14)11-4-2-1-3-10(11)12/h1-4,9,12-13H,5-8H2/t12-,13-/m0/s1. The van der Waals surface area contributed by atoms with Crippen molar-refractivity contribution in [2.45, 2.75) is 43.0 Å². The zero-order valence-corrected chi connectivity index (χ0v) is 10.4. The molecule has 2 fully saturated rings. The fourth-order valence-electron chi connectivity index (χ4n) is 3.38. The third-order valence-corrected chi connectivity index (χ3v) is 6.69. The molecule has 4 heteroatoms. The lowest BCUT2D eigenvalue weighted by molar-refractivity contribution is 0.365. The van der Waals surface area contributed by atoms with Crippen molar-refractivity contribution >= 4 is 10.0 Å². The van der Waals surface area contributed by atoms with Gasteiger partial charge in [0.25, 0.3) is 0 Å². The maximum absolute atomic E-state index is 12.5. The number of hydrogen-bond donors (Lipinski definition) is 0. The van der Waals surface area contributed by atoms with Crippen molar-refractivity contribution in [2.24, 2.45) is 0 Å². The molecule has 0 unspecified atom stereocenters. The minimum absolute atomic E-state index is 0.0834. The number of hydrogen-bond acceptors (Lipinski definition) is 2. The SMILES string of the molecule is O=S(=O)(C1CC1)N1[C@H]2CC[C@H]1c1ccccc12. The number of sulfonamides is 1. The molecule has 0 N–H and O–H groups in total. The Bertz CT molecular complexity index is 546. The molecule has 2 atom stereocenters. The highest BCUT2D eigenvalue weighted by Gasteiger charge is 2.53. The van der Waals surface area contributed by atoms with E-state index in [-0.39, 0.29) is 17.3 Å². The second-order valence-corrected chi connectivity index (χ2v) is 7.43. The monoisotopic (exact) mass is 249 g/mol. The summed E-state index contributed by atoms with van der Waals surface area (Å²) in [6, 6.07) is 8.47. The summed E-state index contributed by atoms with van der Waals surface area (Å²) in [5.74, 6) is 0. The molecule has 3 aliphatic rings. The van der Waals surface area contributed by atoms with Gasteiger partial charge in [-0.3, -0.25) is 0 Å². The van der Waals surface area contributed by atoms with E-state index in [4.69, 9.17) is 0 Å². The first-order valence-corrected chi connectivity index (χ1v) is 7.81. The Morgan fingerprint density at radius 1 is 0.941 bits per heavy atom. The topological polar surface area (TPSA) is 37.4 Å². The number of benzene rings is 1. The van der Waals surface area contributed by atoms with Crippen LogP contribution in [0.4, 0.5) is 0 Å². The molecule has 2 bridgehead atoms. The minimum Gasteiger partial charge on any atom is -0.212 e. The van der Waals surface area contributed by atoms with Crippen molar-refractivity contribution in [3.63, 3.8) is 0 Å². The van der Waals surface area contributed by atoms with E-state index < -0.39 is 10.0 Å². The summed E-state index contributed by atoms with van der Waals surface area (Å²) in [4.78, 5) is 0. The van der Waals surface area contributed by atoms with Crippen LogP contribution in [0.5, 0.6) is 0 Å². The average molecular weight is 249 g/mol. The van der Waals surface area contributed by atoms with Crippen LogP contribution in [0, 0.1) is 0 Å². The Balaban J connectivity index is 1.83. The summed E-state index contributed by atoms with van der Waals surface area (Å²) in [6.45, 7) is 0. The van der Waals surface area contributed by atoms with Gasteiger partial charge in [-0.1, -0.05) is 24.3 Å². The lowest BCUT2D eigenvalue weighted by Crippen LogP contribution is -2.31. The molecule has 1 saturated carbocycles. The van der Waals surface area contributed by atoms with E-state index in [0.29, 0.717) is 0 Å². The summed E-state index contributed by atoms with van der Waals surface area (Å²) in [7, 11) is -3.04. The van der Waals surface area contributed by atoms with Gasteiger partial charge < -0.3 is 0 Å². The average Bonchev–Trinajstić information content (AvgIpc) is 3.04. The molecule has 0 spiro atoms. The molecule has 1 saturated heterocycles. The zero-order chi connectivity index (χ0) is 11.6. The van der Waals surface area contributed by atoms with Gasteiger partial charge in [0.15, 0.2) is 0 Å². The van der Waals surface area contributed by atoms with Crippen LogP contribution >= 0.6 is 0 Å². The molecule has 0 aromatic heterocycles. The smallest absolute Gasteiger partial charge is 0.212 e. The molecular formula is C13H15NO2S. The van der Waals surface area contributed by atoms with Crippen LogP contribution in [0.25, 0.3) is 0 Å². The quantitative estimate of drug-likeness (QED) is 0.807. The number of fused-ring (bicyclic) bond motifs is 5. The maximum Gasteiger partial charge on any atom is 0.218 e. The molecule has 0 radical (unpaired) electrons. The van der Waals surface area contributed by atoms with Gasteiger partial charge >= 0.3 is 0 Å². The van der Waals surface area contributed by atoms with Gasteiger partial charge in [-0.2, -0.15) is 4.31 Å². The molecule has 1 aromatic carbocycles. The molecule has 4 rings (SSSR count). The van der Waals surface area contributed by atoms with Crippen molar-refractivity contribution in [1.29, 1.82) is 0 Å². The van der Waals surface area contributed by atoms with Gasteiger partial charge in [0.2, 0.25) is 10.0 Å². The Hall–Kier alpha value is -0.870. The van der Waals surface area contributed by atoms with Crippen LogP contribution < -0.4 is 0 Å². The van der Waals surface area contributed by atoms with Crippen LogP contribution in [0.2, 0.25) is 0 Å². The van der Waals surface area contributed by atoms with Crippen molar-refractivity contribution in [3.8, 4) is 0 Å². The number of nitrogens with zero attached hydrogens (tertiary/aromatic N) is 1. The largest absolute Gasteiger partial charge is 0.218 e. The Morgan fingerprint density at radius 3 is 1.94 bits per heavy atom. The Morgan fingerprint density at radius 2 is 1.47 bits per heavy atom. The van der Waals surface area contributed by atoms with Crippen molar-refractivity contribution in [3.05, 3.63) is 35.4 Å². The highest BCUT2D eigenvalue weighted by molar-refractivity contribution is 7.90. The van der Waals surface area contributed by atoms with E-state index in [2.05, 4.69) is 12.1 Å². The van der Waals surface area contributed by atoms with Crippen LogP contribution in [-0.4, -0.2) is 18.0 Å². The first-order valence-electron chi connectivity index (χ1n) is 6.31. The van der Waals surface area contributed by atoms with Gasteiger partial charge in [-0.25, -0.2) is 8.42 Å². The zero-order valence-electron chi connectivity index (χ0n) is 9.54. The van der Waals surface area contributed by atoms with Crippen LogP contribution in [0.3, 0.4) is 0 Å². The second-order valence-electron chi connectivity index (χ2n) is 5.31. The molecule has 1 aromatic rings. The molecule has 0 amide bonds. The van der Waals surface area contributed by atoms with Crippen LogP contribution in [0.1, 0.15) is 48.9 Å². The first kappa shape index (κ1) is 10.1. The van der Waals surface area contributed by atoms with Gasteiger partial charge in [0, 0.05) is 0 Å². The van der Waals surface area contributed by atoms with Crippen LogP contribution in [-0.2, 0) is 10.0 Å². The van der Waals surface area contributed by atoms with E-state index in [1.807, 2.05) is 16.4 Å². The van der Waals surface area contributed by atoms with E-state index in [1.54, 1.807) is 0 Å². The fourth-order valence-corrected chi connectivity index (χ4v) is 5.61. The van der Waals surface area contributed by atoms with Gasteiger partial charge in [0.1, 0.15) is 0 Å². The lowest BCUT2D eigenvalue weighted by atomic mass is 9.92. The minimum atomic E-state index is -3.04. The third-order valence-electron chi connectivity index (χ3n) is 4.28. The van der Waals surface area contributed by atoms with Gasteiger partial charge in [0.05, 0.1) is 17.3 Å². The van der Waals surface area contributed by atoms with E-state index in [9.17, 15) is 8.42 Å². The van der Waals surface area contributed by atoms with Crippen molar-refractivity contribution in [2.75, 3.05) is 0 Å². The summed E-state index contributed by atoms with van der Waals surface area (Å²) in [5.41, 5.74) is 2.49. The predicted octanol–water partition coefficient (Wildman–Crippen LogP) is 2.37. The van der Waals surface area contributed by atoms with Crippen LogP contribution in [0.15, 0.2) is 24.3 Å². The number of rotatable bonds is 2. The Kier molecular flexibility index (Phi) is 1.85. The van der Waals surface area contributed by atoms with Gasteiger partial charge in [-0.05, 0) is 36.8 Å². The van der Waals surface area contributed by atoms with Crippen molar-refractivity contribution < 1.29 is 8.42 Å².